The highest BCUT2D eigenvalue weighted by molar-refractivity contribution is 5.76. The zero-order valence-corrected chi connectivity index (χ0v) is 21.4. The van der Waals surface area contributed by atoms with Crippen LogP contribution in [0.25, 0.3) is 0 Å². The third-order valence-electron chi connectivity index (χ3n) is 7.15. The maximum Gasteiger partial charge on any atom is 0.418 e. The van der Waals surface area contributed by atoms with Gasteiger partial charge in [0.05, 0.1) is 24.6 Å². The third-order valence-corrected chi connectivity index (χ3v) is 7.15. The Bertz CT molecular complexity index is 1080. The van der Waals surface area contributed by atoms with E-state index < -0.39 is 17.4 Å². The van der Waals surface area contributed by atoms with Crippen LogP contribution in [0.15, 0.2) is 41.7 Å². The number of halogens is 3. The number of anilines is 2. The fraction of sp³-hybridized carbons (Fsp3) is 0.538. The summed E-state index contributed by atoms with van der Waals surface area (Å²) in [6.45, 7) is 5.65. The predicted octanol–water partition coefficient (Wildman–Crippen LogP) is 4.51. The summed E-state index contributed by atoms with van der Waals surface area (Å²) in [6, 6.07) is 7.25. The average molecular weight is 535 g/mol. The number of alkyl halides is 3. The van der Waals surface area contributed by atoms with Crippen molar-refractivity contribution in [3.63, 3.8) is 0 Å². The molecule has 1 aromatic carbocycles. The Morgan fingerprint density at radius 3 is 2.45 bits per heavy atom. The van der Waals surface area contributed by atoms with Crippen LogP contribution in [0, 0.1) is 4.91 Å². The second-order valence-corrected chi connectivity index (χ2v) is 9.61. The molecule has 0 radical (unpaired) electrons. The number of likely N-dealkylation sites (tertiary alicyclic amines) is 1. The minimum absolute atomic E-state index is 0.0487. The molecule has 2 aromatic rings. The SMILES string of the molecule is COc1ccc(N2CCN(CCCC(=O)N3CCC(Nc4ccc(N=O)c(C(F)(F)F)c4)CC3)CC2)cn1. The molecule has 2 aliphatic rings. The Morgan fingerprint density at radius 1 is 1.11 bits per heavy atom. The smallest absolute Gasteiger partial charge is 0.418 e. The quantitative estimate of drug-likeness (QED) is 0.474. The lowest BCUT2D eigenvalue weighted by atomic mass is 10.0. The molecular weight excluding hydrogens is 501 g/mol. The van der Waals surface area contributed by atoms with Gasteiger partial charge in [-0.25, -0.2) is 4.98 Å². The minimum Gasteiger partial charge on any atom is -0.481 e. The van der Waals surface area contributed by atoms with Gasteiger partial charge < -0.3 is 19.9 Å². The highest BCUT2D eigenvalue weighted by Gasteiger charge is 2.34. The van der Waals surface area contributed by atoms with Crippen LogP contribution in [0.2, 0.25) is 0 Å². The lowest BCUT2D eigenvalue weighted by molar-refractivity contribution is -0.137. The fourth-order valence-corrected chi connectivity index (χ4v) is 4.96. The number of hydrogen-bond acceptors (Lipinski definition) is 8. The number of amides is 1. The number of nitrogens with one attached hydrogen (secondary N) is 1. The molecule has 2 fully saturated rings. The van der Waals surface area contributed by atoms with Gasteiger partial charge in [0.25, 0.3) is 0 Å². The van der Waals surface area contributed by atoms with Gasteiger partial charge in [0, 0.05) is 63.5 Å². The Labute approximate surface area is 219 Å². The lowest BCUT2D eigenvalue weighted by Crippen LogP contribution is -2.47. The number of ether oxygens (including phenoxy) is 1. The molecule has 1 N–H and O–H groups in total. The van der Waals surface area contributed by atoms with Gasteiger partial charge in [-0.15, -0.1) is 4.91 Å². The molecule has 1 amide bonds. The van der Waals surface area contributed by atoms with Crippen LogP contribution >= 0.6 is 0 Å². The van der Waals surface area contributed by atoms with E-state index in [0.29, 0.717) is 38.2 Å². The van der Waals surface area contributed by atoms with E-state index in [1.54, 1.807) is 7.11 Å². The Morgan fingerprint density at radius 2 is 1.84 bits per heavy atom. The second kappa shape index (κ2) is 12.4. The van der Waals surface area contributed by atoms with Crippen molar-refractivity contribution in [2.45, 2.75) is 37.9 Å². The number of carbonyl (C=O) groups is 1. The Kier molecular flexibility index (Phi) is 9.03. The van der Waals surface area contributed by atoms with E-state index in [0.717, 1.165) is 57.0 Å². The Hall–Kier alpha value is -3.41. The normalized spacial score (nSPS) is 17.4. The molecule has 0 atom stereocenters. The predicted molar refractivity (Wildman–Crippen MR) is 139 cm³/mol. The monoisotopic (exact) mass is 534 g/mol. The van der Waals surface area contributed by atoms with Crippen molar-refractivity contribution in [2.24, 2.45) is 5.18 Å². The zero-order chi connectivity index (χ0) is 27.1. The summed E-state index contributed by atoms with van der Waals surface area (Å²) in [5.74, 6) is 0.715. The number of benzene rings is 1. The number of piperazine rings is 1. The molecule has 0 aliphatic carbocycles. The van der Waals surface area contributed by atoms with Crippen molar-refractivity contribution < 1.29 is 22.7 Å². The van der Waals surface area contributed by atoms with E-state index >= 15 is 0 Å². The molecule has 3 heterocycles. The summed E-state index contributed by atoms with van der Waals surface area (Å²) in [5.41, 5.74) is -0.309. The van der Waals surface area contributed by atoms with Crippen molar-refractivity contribution in [1.29, 1.82) is 0 Å². The zero-order valence-electron chi connectivity index (χ0n) is 21.4. The summed E-state index contributed by atoms with van der Waals surface area (Å²) in [4.78, 5) is 34.2. The summed E-state index contributed by atoms with van der Waals surface area (Å²) < 4.78 is 44.7. The van der Waals surface area contributed by atoms with Crippen LogP contribution in [0.3, 0.4) is 0 Å². The molecule has 2 aliphatic heterocycles. The number of pyridine rings is 1. The largest absolute Gasteiger partial charge is 0.481 e. The van der Waals surface area contributed by atoms with Gasteiger partial charge in [-0.2, -0.15) is 13.2 Å². The maximum absolute atomic E-state index is 13.2. The van der Waals surface area contributed by atoms with Crippen LogP contribution in [-0.2, 0) is 11.0 Å². The van der Waals surface area contributed by atoms with E-state index in [9.17, 15) is 22.9 Å². The van der Waals surface area contributed by atoms with E-state index in [4.69, 9.17) is 4.74 Å². The molecule has 2 saturated heterocycles. The molecule has 38 heavy (non-hydrogen) atoms. The molecular formula is C26H33F3N6O3. The number of hydrogen-bond donors (Lipinski definition) is 1. The van der Waals surface area contributed by atoms with Crippen molar-refractivity contribution in [3.8, 4) is 5.88 Å². The van der Waals surface area contributed by atoms with Crippen molar-refractivity contribution in [1.82, 2.24) is 14.8 Å². The van der Waals surface area contributed by atoms with Crippen molar-refractivity contribution >= 4 is 23.0 Å². The standard InChI is InChI=1S/C26H33F3N6O3/c1-38-24-7-5-21(18-30-24)34-15-13-33(14-16-34)10-2-3-25(36)35-11-8-19(9-12-35)31-20-4-6-23(32-37)22(17-20)26(27,28)29/h4-7,17-19,31H,2-3,8-16H2,1H3. The lowest BCUT2D eigenvalue weighted by Gasteiger charge is -2.36. The van der Waals surface area contributed by atoms with Crippen molar-refractivity contribution in [3.05, 3.63) is 47.0 Å². The number of rotatable bonds is 9. The number of nitrogens with zero attached hydrogens (tertiary/aromatic N) is 5. The summed E-state index contributed by atoms with van der Waals surface area (Å²) >= 11 is 0. The van der Waals surface area contributed by atoms with Gasteiger partial charge in [-0.1, -0.05) is 0 Å². The van der Waals surface area contributed by atoms with Gasteiger partial charge in [0.15, 0.2) is 0 Å². The average Bonchev–Trinajstić information content (AvgIpc) is 2.93. The number of carbonyl (C=O) groups excluding carboxylic acids is 1. The molecule has 0 bridgehead atoms. The summed E-state index contributed by atoms with van der Waals surface area (Å²) in [6.07, 6.45) is -0.273. The number of piperidine rings is 1. The van der Waals surface area contributed by atoms with Gasteiger partial charge in [-0.05, 0) is 55.2 Å². The third kappa shape index (κ3) is 7.12. The minimum atomic E-state index is -4.65. The molecule has 0 unspecified atom stereocenters. The van der Waals surface area contributed by atoms with Crippen LogP contribution in [0.1, 0.15) is 31.2 Å². The Balaban J connectivity index is 1.15. The summed E-state index contributed by atoms with van der Waals surface area (Å²) in [5, 5.41) is 5.59. The van der Waals surface area contributed by atoms with E-state index in [2.05, 4.69) is 25.3 Å². The molecule has 9 nitrogen and oxygen atoms in total. The van der Waals surface area contributed by atoms with E-state index in [-0.39, 0.29) is 17.6 Å². The first kappa shape index (κ1) is 27.6. The summed E-state index contributed by atoms with van der Waals surface area (Å²) in [7, 11) is 1.60. The van der Waals surface area contributed by atoms with Gasteiger partial charge in [0.1, 0.15) is 5.69 Å². The molecule has 1 aromatic heterocycles. The number of methoxy groups -OCH3 is 1. The first-order valence-corrected chi connectivity index (χ1v) is 12.8. The highest BCUT2D eigenvalue weighted by atomic mass is 19.4. The van der Waals surface area contributed by atoms with Crippen LogP contribution in [-0.4, -0.2) is 79.7 Å². The van der Waals surface area contributed by atoms with Gasteiger partial charge in [-0.3, -0.25) is 9.69 Å². The van der Waals surface area contributed by atoms with Gasteiger partial charge >= 0.3 is 6.18 Å². The van der Waals surface area contributed by atoms with Crippen LogP contribution in [0.4, 0.5) is 30.2 Å². The molecule has 0 spiro atoms. The molecule has 206 valence electrons. The maximum atomic E-state index is 13.2. The highest BCUT2D eigenvalue weighted by Crippen LogP contribution is 2.38. The van der Waals surface area contributed by atoms with Crippen LogP contribution < -0.4 is 15.0 Å². The first-order valence-electron chi connectivity index (χ1n) is 12.8. The number of nitroso groups, excluding NO2 is 1. The second-order valence-electron chi connectivity index (χ2n) is 9.61. The molecule has 0 saturated carbocycles. The van der Waals surface area contributed by atoms with Crippen molar-refractivity contribution in [2.75, 3.05) is 63.1 Å². The topological polar surface area (TPSA) is 90.4 Å². The number of aromatic nitrogens is 1. The molecule has 4 rings (SSSR count). The van der Waals surface area contributed by atoms with E-state index in [1.807, 2.05) is 23.2 Å². The molecule has 12 heteroatoms. The van der Waals surface area contributed by atoms with Crippen LogP contribution in [0.5, 0.6) is 5.88 Å². The van der Waals surface area contributed by atoms with Gasteiger partial charge in [0.2, 0.25) is 11.8 Å². The first-order chi connectivity index (χ1) is 18.3. The fourth-order valence-electron chi connectivity index (χ4n) is 4.96. The van der Waals surface area contributed by atoms with E-state index in [1.165, 1.54) is 6.07 Å².